The first kappa shape index (κ1) is 18.5. The van der Waals surface area contributed by atoms with E-state index >= 15 is 0 Å². The smallest absolute Gasteiger partial charge is 0.349 e. The SMILES string of the molecule is COc1ccc(/C=C/C[n+]2c([O-])c(-c3ccccc3)c(=O)n3ccccc32)cc1. The van der Waals surface area contributed by atoms with Gasteiger partial charge in [0.1, 0.15) is 17.9 Å². The van der Waals surface area contributed by atoms with Crippen molar-refractivity contribution in [2.24, 2.45) is 0 Å². The lowest BCUT2D eigenvalue weighted by atomic mass is 10.1. The van der Waals surface area contributed by atoms with E-state index in [4.69, 9.17) is 4.74 Å². The van der Waals surface area contributed by atoms with Crippen LogP contribution in [0.3, 0.4) is 0 Å². The molecule has 5 heteroatoms. The Labute approximate surface area is 168 Å². The molecule has 0 spiro atoms. The highest BCUT2D eigenvalue weighted by molar-refractivity contribution is 5.66. The van der Waals surface area contributed by atoms with Gasteiger partial charge in [0.05, 0.1) is 19.2 Å². The van der Waals surface area contributed by atoms with Crippen LogP contribution in [0.5, 0.6) is 11.6 Å². The number of nitrogens with zero attached hydrogens (tertiary/aromatic N) is 2. The summed E-state index contributed by atoms with van der Waals surface area (Å²) < 4.78 is 8.31. The van der Waals surface area contributed by atoms with Crippen LogP contribution >= 0.6 is 0 Å². The van der Waals surface area contributed by atoms with Gasteiger partial charge in [-0.25, -0.2) is 9.36 Å². The van der Waals surface area contributed by atoms with E-state index < -0.39 is 0 Å². The number of ether oxygens (including phenoxy) is 1. The van der Waals surface area contributed by atoms with Crippen molar-refractivity contribution >= 4 is 11.7 Å². The summed E-state index contributed by atoms with van der Waals surface area (Å²) in [6.07, 6.45) is 5.54. The van der Waals surface area contributed by atoms with Gasteiger partial charge in [0.2, 0.25) is 0 Å². The minimum absolute atomic E-state index is 0.173. The van der Waals surface area contributed by atoms with Crippen molar-refractivity contribution in [2.45, 2.75) is 6.54 Å². The van der Waals surface area contributed by atoms with Crippen LogP contribution in [0.2, 0.25) is 0 Å². The molecule has 29 heavy (non-hydrogen) atoms. The Morgan fingerprint density at radius 3 is 2.45 bits per heavy atom. The summed E-state index contributed by atoms with van der Waals surface area (Å²) in [5, 5.41) is 13.2. The van der Waals surface area contributed by atoms with Gasteiger partial charge in [-0.2, -0.15) is 4.40 Å². The van der Waals surface area contributed by atoms with Crippen LogP contribution in [0.4, 0.5) is 0 Å². The molecule has 0 saturated carbocycles. The molecule has 4 aromatic rings. The van der Waals surface area contributed by atoms with Gasteiger partial charge in [0.25, 0.3) is 5.65 Å². The third-order valence-electron chi connectivity index (χ3n) is 4.78. The maximum Gasteiger partial charge on any atom is 0.349 e. The van der Waals surface area contributed by atoms with Crippen LogP contribution in [-0.4, -0.2) is 11.5 Å². The monoisotopic (exact) mass is 384 g/mol. The van der Waals surface area contributed by atoms with Crippen molar-refractivity contribution in [1.82, 2.24) is 4.40 Å². The largest absolute Gasteiger partial charge is 0.842 e. The van der Waals surface area contributed by atoms with Gasteiger partial charge in [-0.05, 0) is 35.4 Å². The number of methoxy groups -OCH3 is 1. The number of hydrogen-bond acceptors (Lipinski definition) is 3. The second-order valence-electron chi connectivity index (χ2n) is 6.57. The zero-order valence-corrected chi connectivity index (χ0v) is 16.0. The van der Waals surface area contributed by atoms with E-state index in [-0.39, 0.29) is 17.0 Å². The van der Waals surface area contributed by atoms with Crippen molar-refractivity contribution in [1.29, 1.82) is 0 Å². The van der Waals surface area contributed by atoms with Crippen LogP contribution < -0.4 is 20.0 Å². The van der Waals surface area contributed by atoms with Crippen molar-refractivity contribution in [3.05, 3.63) is 101 Å². The maximum atomic E-state index is 13.2. The van der Waals surface area contributed by atoms with Crippen molar-refractivity contribution in [2.75, 3.05) is 7.11 Å². The average molecular weight is 384 g/mol. The molecule has 2 aromatic carbocycles. The molecule has 0 amide bonds. The van der Waals surface area contributed by atoms with E-state index in [1.807, 2.05) is 60.7 Å². The van der Waals surface area contributed by atoms with Crippen molar-refractivity contribution in [3.63, 3.8) is 0 Å². The molecule has 0 saturated heterocycles. The van der Waals surface area contributed by atoms with Crippen LogP contribution in [0.1, 0.15) is 5.56 Å². The number of allylic oxidation sites excluding steroid dienone is 1. The molecule has 4 rings (SSSR count). The van der Waals surface area contributed by atoms with E-state index in [2.05, 4.69) is 0 Å². The Hall–Kier alpha value is -3.86. The molecule has 0 unspecified atom stereocenters. The Morgan fingerprint density at radius 2 is 1.72 bits per heavy atom. The van der Waals surface area contributed by atoms with Gasteiger partial charge in [0, 0.05) is 6.07 Å². The molecule has 0 bridgehead atoms. The highest BCUT2D eigenvalue weighted by Crippen LogP contribution is 2.21. The number of hydrogen-bond donors (Lipinski definition) is 0. The zero-order valence-electron chi connectivity index (χ0n) is 16.0. The maximum absolute atomic E-state index is 13.2. The average Bonchev–Trinajstić information content (AvgIpc) is 2.77. The van der Waals surface area contributed by atoms with Crippen molar-refractivity contribution in [3.8, 4) is 22.8 Å². The quantitative estimate of drug-likeness (QED) is 0.497. The lowest BCUT2D eigenvalue weighted by Crippen LogP contribution is -2.43. The van der Waals surface area contributed by atoms with Crippen LogP contribution in [0, 0.1) is 0 Å². The Morgan fingerprint density at radius 1 is 1.00 bits per heavy atom. The molecule has 0 N–H and O–H groups in total. The van der Waals surface area contributed by atoms with E-state index in [9.17, 15) is 9.90 Å². The Kier molecular flexibility index (Phi) is 5.12. The molecule has 0 aliphatic carbocycles. The first-order valence-electron chi connectivity index (χ1n) is 9.29. The minimum Gasteiger partial charge on any atom is -0.842 e. The van der Waals surface area contributed by atoms with Gasteiger partial charge in [-0.3, -0.25) is 0 Å². The lowest BCUT2D eigenvalue weighted by molar-refractivity contribution is -0.706. The van der Waals surface area contributed by atoms with Gasteiger partial charge in [0.15, 0.2) is 0 Å². The minimum atomic E-state index is -0.313. The molecule has 0 aliphatic heterocycles. The third kappa shape index (κ3) is 3.62. The molecule has 5 nitrogen and oxygen atoms in total. The normalized spacial score (nSPS) is 11.2. The van der Waals surface area contributed by atoms with Gasteiger partial charge < -0.3 is 9.84 Å². The zero-order chi connectivity index (χ0) is 20.2. The standard InChI is InChI=1S/C24H20N2O3/c1-29-20-14-12-18(13-15-20)8-7-17-26-21-11-5-6-16-25(21)23(27)22(24(26)28)19-9-3-2-4-10-19/h2-16H,17H2,1H3/b8-7+. The summed E-state index contributed by atoms with van der Waals surface area (Å²) in [4.78, 5) is 13.0. The van der Waals surface area contributed by atoms with Gasteiger partial charge in [-0.15, -0.1) is 0 Å². The predicted molar refractivity (Wildman–Crippen MR) is 111 cm³/mol. The fourth-order valence-corrected chi connectivity index (χ4v) is 3.31. The lowest BCUT2D eigenvalue weighted by Gasteiger charge is -2.16. The number of pyridine rings is 1. The summed E-state index contributed by atoms with van der Waals surface area (Å²) in [7, 11) is 1.63. The fourth-order valence-electron chi connectivity index (χ4n) is 3.31. The molecule has 2 heterocycles. The third-order valence-corrected chi connectivity index (χ3v) is 4.78. The van der Waals surface area contributed by atoms with Gasteiger partial charge >= 0.3 is 5.56 Å². The highest BCUT2D eigenvalue weighted by atomic mass is 16.5. The summed E-state index contributed by atoms with van der Waals surface area (Å²) in [6.45, 7) is 0.346. The molecule has 0 radical (unpaired) electrons. The number of benzene rings is 2. The van der Waals surface area contributed by atoms with Crippen LogP contribution in [-0.2, 0) is 6.54 Å². The molecule has 144 valence electrons. The molecule has 2 aromatic heterocycles. The van der Waals surface area contributed by atoms with Gasteiger partial charge in [-0.1, -0.05) is 54.6 Å². The first-order valence-corrected chi connectivity index (χ1v) is 9.29. The Balaban J connectivity index is 1.79. The topological polar surface area (TPSA) is 57.7 Å². The second-order valence-corrected chi connectivity index (χ2v) is 6.57. The molecule has 0 aliphatic rings. The summed E-state index contributed by atoms with van der Waals surface area (Å²) in [6, 6.07) is 22.1. The predicted octanol–water partition coefficient (Wildman–Crippen LogP) is 3.05. The first-order chi connectivity index (χ1) is 14.2. The molecular weight excluding hydrogens is 364 g/mol. The fraction of sp³-hybridized carbons (Fsp3) is 0.0833. The van der Waals surface area contributed by atoms with E-state index in [0.717, 1.165) is 11.3 Å². The highest BCUT2D eigenvalue weighted by Gasteiger charge is 2.18. The van der Waals surface area contributed by atoms with E-state index in [1.54, 1.807) is 42.1 Å². The summed E-state index contributed by atoms with van der Waals surface area (Å²) >= 11 is 0. The number of fused-ring (bicyclic) bond motifs is 1. The Bertz CT molecular complexity index is 1230. The number of rotatable bonds is 5. The van der Waals surface area contributed by atoms with Crippen LogP contribution in [0.25, 0.3) is 22.9 Å². The second kappa shape index (κ2) is 8.02. The molecule has 0 fully saturated rings. The number of aromatic nitrogens is 2. The van der Waals surface area contributed by atoms with E-state index in [1.165, 1.54) is 4.40 Å². The summed E-state index contributed by atoms with van der Waals surface area (Å²) in [5.41, 5.74) is 2.04. The van der Waals surface area contributed by atoms with E-state index in [0.29, 0.717) is 17.8 Å². The van der Waals surface area contributed by atoms with Crippen LogP contribution in [0.15, 0.2) is 89.9 Å². The molecule has 0 atom stereocenters. The molecular formula is C24H20N2O3. The van der Waals surface area contributed by atoms with Crippen molar-refractivity contribution < 1.29 is 14.4 Å². The summed E-state index contributed by atoms with van der Waals surface area (Å²) in [5.74, 6) is 0.492.